The number of anilines is 1. The first-order valence-corrected chi connectivity index (χ1v) is 4.54. The van der Waals surface area contributed by atoms with Crippen LogP contribution in [0.25, 0.3) is 0 Å². The van der Waals surface area contributed by atoms with Crippen molar-refractivity contribution in [1.82, 2.24) is 0 Å². The molecule has 80 valence electrons. The van der Waals surface area contributed by atoms with Crippen molar-refractivity contribution >= 4 is 29.3 Å². The lowest BCUT2D eigenvalue weighted by Crippen LogP contribution is -2.25. The van der Waals surface area contributed by atoms with Crippen molar-refractivity contribution in [2.24, 2.45) is 16.5 Å². The summed E-state index contributed by atoms with van der Waals surface area (Å²) in [5.74, 6) is -0.295. The number of hydrogen-bond donors (Lipinski definition) is 3. The smallest absolute Gasteiger partial charge is 0.348 e. The molecule has 5 nitrogen and oxygen atoms in total. The van der Waals surface area contributed by atoms with Crippen molar-refractivity contribution in [2.45, 2.75) is 6.92 Å². The molecule has 0 aliphatic heterocycles. The molecule has 0 bridgehead atoms. The second kappa shape index (κ2) is 4.65. The maximum absolute atomic E-state index is 11.2. The Morgan fingerprint density at radius 3 is 2.73 bits per heavy atom. The highest BCUT2D eigenvalue weighted by Gasteiger charge is 2.05. The van der Waals surface area contributed by atoms with E-state index in [4.69, 9.17) is 23.1 Å². The van der Waals surface area contributed by atoms with Crippen LogP contribution in [0.15, 0.2) is 23.2 Å². The van der Waals surface area contributed by atoms with E-state index in [1.165, 1.54) is 0 Å². The molecule has 5 N–H and O–H groups in total. The van der Waals surface area contributed by atoms with E-state index in [1.54, 1.807) is 12.1 Å². The number of urea groups is 1. The van der Waals surface area contributed by atoms with Crippen molar-refractivity contribution in [2.75, 3.05) is 5.32 Å². The monoisotopic (exact) mass is 226 g/mol. The predicted octanol–water partition coefficient (Wildman–Crippen LogP) is 1.45. The summed E-state index contributed by atoms with van der Waals surface area (Å²) >= 11 is 5.95. The molecule has 0 fully saturated rings. The number of carbonyl (C=O) groups excluding carboxylic acids is 1. The summed E-state index contributed by atoms with van der Waals surface area (Å²) in [7, 11) is 0. The molecule has 1 aromatic carbocycles. The molecule has 15 heavy (non-hydrogen) atoms. The standard InChI is InChI=1S/C9H11ClN4O/c1-5-3-2-4-6(7(5)10)13-9(15)14-8(11)12/h2-4H,1H3,(H5,11,12,13,14,15). The van der Waals surface area contributed by atoms with Gasteiger partial charge in [-0.1, -0.05) is 23.7 Å². The van der Waals surface area contributed by atoms with Crippen LogP contribution < -0.4 is 16.8 Å². The van der Waals surface area contributed by atoms with Crippen LogP contribution in [-0.4, -0.2) is 12.0 Å². The highest BCUT2D eigenvalue weighted by atomic mass is 35.5. The van der Waals surface area contributed by atoms with Gasteiger partial charge in [0.25, 0.3) is 0 Å². The average molecular weight is 227 g/mol. The molecule has 0 spiro atoms. The van der Waals surface area contributed by atoms with Gasteiger partial charge in [-0.15, -0.1) is 0 Å². The van der Waals surface area contributed by atoms with Gasteiger partial charge in [0.05, 0.1) is 10.7 Å². The van der Waals surface area contributed by atoms with Crippen LogP contribution in [0.4, 0.5) is 10.5 Å². The van der Waals surface area contributed by atoms with Crippen LogP contribution in [0.5, 0.6) is 0 Å². The second-order valence-corrected chi connectivity index (χ2v) is 3.28. The molecule has 0 heterocycles. The number of aryl methyl sites for hydroxylation is 1. The third kappa shape index (κ3) is 3.14. The first-order chi connectivity index (χ1) is 7.00. The summed E-state index contributed by atoms with van der Waals surface area (Å²) in [6.45, 7) is 1.83. The van der Waals surface area contributed by atoms with E-state index in [0.29, 0.717) is 10.7 Å². The van der Waals surface area contributed by atoms with E-state index in [1.807, 2.05) is 13.0 Å². The van der Waals surface area contributed by atoms with Crippen molar-refractivity contribution in [3.63, 3.8) is 0 Å². The normalized spacial score (nSPS) is 9.47. The topological polar surface area (TPSA) is 93.5 Å². The molecule has 1 rings (SSSR count). The van der Waals surface area contributed by atoms with E-state index >= 15 is 0 Å². The number of aliphatic imine (C=N–C) groups is 1. The maximum Gasteiger partial charge on any atom is 0.348 e. The fourth-order valence-corrected chi connectivity index (χ4v) is 1.18. The SMILES string of the molecule is Cc1cccc(NC(=O)N=C(N)N)c1Cl. The molecule has 0 saturated carbocycles. The Labute approximate surface area is 92.1 Å². The number of nitrogens with two attached hydrogens (primary N) is 2. The fraction of sp³-hybridized carbons (Fsp3) is 0.111. The largest absolute Gasteiger partial charge is 0.370 e. The zero-order chi connectivity index (χ0) is 11.4. The first kappa shape index (κ1) is 11.3. The van der Waals surface area contributed by atoms with E-state index in [9.17, 15) is 4.79 Å². The van der Waals surface area contributed by atoms with E-state index in [0.717, 1.165) is 5.56 Å². The number of benzene rings is 1. The van der Waals surface area contributed by atoms with Crippen LogP contribution in [0.3, 0.4) is 0 Å². The summed E-state index contributed by atoms with van der Waals surface area (Å²) < 4.78 is 0. The number of hydrogen-bond acceptors (Lipinski definition) is 1. The summed E-state index contributed by atoms with van der Waals surface area (Å²) in [4.78, 5) is 14.5. The molecule has 0 unspecified atom stereocenters. The zero-order valence-electron chi connectivity index (χ0n) is 8.12. The summed E-state index contributed by atoms with van der Waals surface area (Å²) in [6, 6.07) is 4.61. The molecule has 1 aromatic rings. The van der Waals surface area contributed by atoms with Gasteiger partial charge >= 0.3 is 6.03 Å². The van der Waals surface area contributed by atoms with Gasteiger partial charge in [-0.3, -0.25) is 0 Å². The lowest BCUT2D eigenvalue weighted by Gasteiger charge is -2.06. The third-order valence-electron chi connectivity index (χ3n) is 1.66. The third-order valence-corrected chi connectivity index (χ3v) is 2.17. The molecular formula is C9H11ClN4O. The van der Waals surface area contributed by atoms with Gasteiger partial charge in [-0.05, 0) is 18.6 Å². The maximum atomic E-state index is 11.2. The van der Waals surface area contributed by atoms with Gasteiger partial charge in [0, 0.05) is 0 Å². The fourth-order valence-electron chi connectivity index (χ4n) is 1.00. The minimum Gasteiger partial charge on any atom is -0.370 e. The lowest BCUT2D eigenvalue weighted by molar-refractivity contribution is 0.259. The highest BCUT2D eigenvalue weighted by molar-refractivity contribution is 6.34. The zero-order valence-corrected chi connectivity index (χ0v) is 8.88. The molecule has 0 radical (unpaired) electrons. The average Bonchev–Trinajstić information content (AvgIpc) is 2.11. The molecule has 0 saturated heterocycles. The minimum absolute atomic E-state index is 0.295. The molecule has 0 atom stereocenters. The van der Waals surface area contributed by atoms with Crippen LogP contribution in [0.2, 0.25) is 5.02 Å². The molecule has 0 aliphatic rings. The van der Waals surface area contributed by atoms with Gasteiger partial charge in [0.15, 0.2) is 5.96 Å². The van der Waals surface area contributed by atoms with Gasteiger partial charge in [-0.2, -0.15) is 4.99 Å². The Hall–Kier alpha value is -1.75. The lowest BCUT2D eigenvalue weighted by atomic mass is 10.2. The van der Waals surface area contributed by atoms with Crippen molar-refractivity contribution in [3.8, 4) is 0 Å². The van der Waals surface area contributed by atoms with E-state index < -0.39 is 6.03 Å². The number of amides is 2. The molecule has 0 aromatic heterocycles. The van der Waals surface area contributed by atoms with Crippen molar-refractivity contribution in [3.05, 3.63) is 28.8 Å². The van der Waals surface area contributed by atoms with Gasteiger partial charge in [0.2, 0.25) is 0 Å². The van der Waals surface area contributed by atoms with Crippen molar-refractivity contribution in [1.29, 1.82) is 0 Å². The van der Waals surface area contributed by atoms with Crippen LogP contribution >= 0.6 is 11.6 Å². The van der Waals surface area contributed by atoms with Crippen LogP contribution in [0.1, 0.15) is 5.56 Å². The van der Waals surface area contributed by atoms with Crippen molar-refractivity contribution < 1.29 is 4.79 Å². The van der Waals surface area contributed by atoms with Gasteiger partial charge in [-0.25, -0.2) is 4.79 Å². The van der Waals surface area contributed by atoms with E-state index in [-0.39, 0.29) is 5.96 Å². The number of nitrogens with one attached hydrogen (secondary N) is 1. The quantitative estimate of drug-likeness (QED) is 0.500. The Balaban J connectivity index is 2.86. The molecule has 2 amide bonds. The summed E-state index contributed by atoms with van der Waals surface area (Å²) in [5, 5.41) is 2.93. The number of rotatable bonds is 1. The number of nitrogens with zero attached hydrogens (tertiary/aromatic N) is 1. The van der Waals surface area contributed by atoms with Gasteiger partial charge < -0.3 is 16.8 Å². The van der Waals surface area contributed by atoms with Crippen LogP contribution in [-0.2, 0) is 0 Å². The Kier molecular flexibility index (Phi) is 3.51. The summed E-state index contributed by atoms with van der Waals surface area (Å²) in [5.41, 5.74) is 11.4. The summed E-state index contributed by atoms with van der Waals surface area (Å²) in [6.07, 6.45) is 0. The number of guanidine groups is 1. The Morgan fingerprint density at radius 2 is 2.13 bits per heavy atom. The van der Waals surface area contributed by atoms with Crippen LogP contribution in [0, 0.1) is 6.92 Å². The Morgan fingerprint density at radius 1 is 1.47 bits per heavy atom. The number of halogens is 1. The second-order valence-electron chi connectivity index (χ2n) is 2.90. The van der Waals surface area contributed by atoms with E-state index in [2.05, 4.69) is 10.3 Å². The number of carbonyl (C=O) groups is 1. The molecular weight excluding hydrogens is 216 g/mol. The first-order valence-electron chi connectivity index (χ1n) is 4.16. The van der Waals surface area contributed by atoms with Gasteiger partial charge in [0.1, 0.15) is 0 Å². The minimum atomic E-state index is -0.650. The molecule has 6 heteroatoms. The predicted molar refractivity (Wildman–Crippen MR) is 61.0 cm³/mol. The highest BCUT2D eigenvalue weighted by Crippen LogP contribution is 2.24. The Bertz CT molecular complexity index is 413. The molecule has 0 aliphatic carbocycles.